The lowest BCUT2D eigenvalue weighted by Crippen LogP contribution is -2.43. The molecular formula is C19H30N4O2. The Hall–Kier alpha value is -1.95. The van der Waals surface area contributed by atoms with Crippen LogP contribution in [-0.2, 0) is 9.59 Å². The molecule has 0 aliphatic carbocycles. The Morgan fingerprint density at radius 1 is 1.28 bits per heavy atom. The smallest absolute Gasteiger partial charge is 0.230 e. The standard InChI is InChI=1S/C19H30N4O2/c1-15-8-6-10-17(21-15)22-19(25)16-9-7-13-23(14-16)18(24)11-4-2-3-5-12-20/h6,8,10,16H,2-5,7,9,11-14,20H2,1H3,(H,21,22,25). The molecule has 0 spiro atoms. The van der Waals surface area contributed by atoms with E-state index in [9.17, 15) is 9.59 Å². The van der Waals surface area contributed by atoms with E-state index in [2.05, 4.69) is 10.3 Å². The molecule has 0 aromatic carbocycles. The van der Waals surface area contributed by atoms with Gasteiger partial charge >= 0.3 is 0 Å². The third-order valence-electron chi connectivity index (χ3n) is 4.63. The van der Waals surface area contributed by atoms with Crippen LogP contribution in [0.2, 0.25) is 0 Å². The van der Waals surface area contributed by atoms with E-state index in [1.165, 1.54) is 0 Å². The predicted molar refractivity (Wildman–Crippen MR) is 99.0 cm³/mol. The molecule has 2 heterocycles. The Morgan fingerprint density at radius 2 is 2.08 bits per heavy atom. The van der Waals surface area contributed by atoms with Crippen LogP contribution in [0, 0.1) is 12.8 Å². The number of unbranched alkanes of at least 4 members (excludes halogenated alkanes) is 3. The van der Waals surface area contributed by atoms with Gasteiger partial charge in [-0.1, -0.05) is 18.9 Å². The molecule has 3 N–H and O–H groups in total. The molecule has 6 nitrogen and oxygen atoms in total. The average molecular weight is 346 g/mol. The highest BCUT2D eigenvalue weighted by atomic mass is 16.2. The van der Waals surface area contributed by atoms with Crippen LogP contribution >= 0.6 is 0 Å². The molecule has 0 radical (unpaired) electrons. The van der Waals surface area contributed by atoms with Crippen LogP contribution in [0.3, 0.4) is 0 Å². The first-order valence-corrected chi connectivity index (χ1v) is 9.32. The fourth-order valence-electron chi connectivity index (χ4n) is 3.19. The van der Waals surface area contributed by atoms with Crippen molar-refractivity contribution in [1.82, 2.24) is 9.88 Å². The minimum Gasteiger partial charge on any atom is -0.342 e. The van der Waals surface area contributed by atoms with Gasteiger partial charge in [0.2, 0.25) is 11.8 Å². The first-order valence-electron chi connectivity index (χ1n) is 9.32. The predicted octanol–water partition coefficient (Wildman–Crippen LogP) is 2.48. The molecule has 1 saturated heterocycles. The second kappa shape index (κ2) is 10.1. The fourth-order valence-corrected chi connectivity index (χ4v) is 3.19. The van der Waals surface area contributed by atoms with Gasteiger partial charge in [-0.25, -0.2) is 4.98 Å². The van der Waals surface area contributed by atoms with Crippen molar-refractivity contribution in [2.45, 2.75) is 51.9 Å². The van der Waals surface area contributed by atoms with Crippen molar-refractivity contribution in [2.24, 2.45) is 11.7 Å². The Morgan fingerprint density at radius 3 is 2.84 bits per heavy atom. The molecule has 1 aromatic rings. The third kappa shape index (κ3) is 6.46. The molecule has 6 heteroatoms. The van der Waals surface area contributed by atoms with E-state index in [1.54, 1.807) is 6.07 Å². The number of hydrogen-bond acceptors (Lipinski definition) is 4. The van der Waals surface area contributed by atoms with Crippen molar-refractivity contribution >= 4 is 17.6 Å². The van der Waals surface area contributed by atoms with E-state index < -0.39 is 0 Å². The number of carbonyl (C=O) groups excluding carboxylic acids is 2. The summed E-state index contributed by atoms with van der Waals surface area (Å²) in [5.41, 5.74) is 6.35. The molecular weight excluding hydrogens is 316 g/mol. The molecule has 1 fully saturated rings. The molecule has 1 aliphatic rings. The number of aryl methyl sites for hydroxylation is 1. The van der Waals surface area contributed by atoms with Gasteiger partial charge in [0.1, 0.15) is 5.82 Å². The number of nitrogens with one attached hydrogen (secondary N) is 1. The number of piperidine rings is 1. The first kappa shape index (κ1) is 19.4. The van der Waals surface area contributed by atoms with Crippen LogP contribution in [0.15, 0.2) is 18.2 Å². The van der Waals surface area contributed by atoms with E-state index in [0.29, 0.717) is 25.3 Å². The van der Waals surface area contributed by atoms with Crippen LogP contribution in [-0.4, -0.2) is 41.3 Å². The SMILES string of the molecule is Cc1cccc(NC(=O)C2CCCN(C(=O)CCCCCCN)C2)n1. The summed E-state index contributed by atoms with van der Waals surface area (Å²) >= 11 is 0. The molecule has 1 aromatic heterocycles. The number of carbonyl (C=O) groups is 2. The Balaban J connectivity index is 1.79. The van der Waals surface area contributed by atoms with Crippen LogP contribution in [0.25, 0.3) is 0 Å². The normalized spacial score (nSPS) is 17.4. The third-order valence-corrected chi connectivity index (χ3v) is 4.63. The van der Waals surface area contributed by atoms with Gasteiger partial charge in [-0.05, 0) is 51.3 Å². The minimum absolute atomic E-state index is 0.0430. The second-order valence-electron chi connectivity index (χ2n) is 6.79. The highest BCUT2D eigenvalue weighted by Crippen LogP contribution is 2.20. The number of likely N-dealkylation sites (tertiary alicyclic amines) is 1. The topological polar surface area (TPSA) is 88.3 Å². The summed E-state index contributed by atoms with van der Waals surface area (Å²) in [6.07, 6.45) is 6.30. The molecule has 25 heavy (non-hydrogen) atoms. The summed E-state index contributed by atoms with van der Waals surface area (Å²) < 4.78 is 0. The monoisotopic (exact) mass is 346 g/mol. The van der Waals surface area contributed by atoms with E-state index in [4.69, 9.17) is 5.73 Å². The summed E-state index contributed by atoms with van der Waals surface area (Å²) in [7, 11) is 0. The summed E-state index contributed by atoms with van der Waals surface area (Å²) in [6.45, 7) is 3.88. The van der Waals surface area contributed by atoms with E-state index in [1.807, 2.05) is 24.0 Å². The van der Waals surface area contributed by atoms with Gasteiger partial charge in [0.05, 0.1) is 5.92 Å². The minimum atomic E-state index is -0.155. The number of hydrogen-bond donors (Lipinski definition) is 2. The molecule has 2 amide bonds. The zero-order chi connectivity index (χ0) is 18.1. The largest absolute Gasteiger partial charge is 0.342 e. The van der Waals surface area contributed by atoms with Gasteiger partial charge in [0.25, 0.3) is 0 Å². The molecule has 1 unspecified atom stereocenters. The van der Waals surface area contributed by atoms with Crippen molar-refractivity contribution in [1.29, 1.82) is 0 Å². The first-order chi connectivity index (χ1) is 12.1. The van der Waals surface area contributed by atoms with E-state index >= 15 is 0 Å². The van der Waals surface area contributed by atoms with Gasteiger partial charge in [0.15, 0.2) is 0 Å². The number of rotatable bonds is 8. The maximum Gasteiger partial charge on any atom is 0.230 e. The summed E-state index contributed by atoms with van der Waals surface area (Å²) in [5.74, 6) is 0.545. The van der Waals surface area contributed by atoms with Gasteiger partial charge in [-0.15, -0.1) is 0 Å². The number of nitrogens with zero attached hydrogens (tertiary/aromatic N) is 2. The Kier molecular flexibility index (Phi) is 7.85. The Labute approximate surface area is 150 Å². The van der Waals surface area contributed by atoms with Gasteiger partial charge in [-0.3, -0.25) is 9.59 Å². The summed E-state index contributed by atoms with van der Waals surface area (Å²) in [5, 5.41) is 2.88. The zero-order valence-corrected chi connectivity index (χ0v) is 15.2. The molecule has 2 rings (SSSR count). The molecule has 0 saturated carbocycles. The zero-order valence-electron chi connectivity index (χ0n) is 15.2. The second-order valence-corrected chi connectivity index (χ2v) is 6.79. The van der Waals surface area contributed by atoms with Crippen molar-refractivity contribution in [3.63, 3.8) is 0 Å². The van der Waals surface area contributed by atoms with Crippen molar-refractivity contribution < 1.29 is 9.59 Å². The lowest BCUT2D eigenvalue weighted by atomic mass is 9.96. The fraction of sp³-hybridized carbons (Fsp3) is 0.632. The maximum absolute atomic E-state index is 12.5. The summed E-state index contributed by atoms with van der Waals surface area (Å²) in [4.78, 5) is 31.0. The lowest BCUT2D eigenvalue weighted by Gasteiger charge is -2.32. The number of pyridine rings is 1. The lowest BCUT2D eigenvalue weighted by molar-refractivity contribution is -0.134. The van der Waals surface area contributed by atoms with E-state index in [-0.39, 0.29) is 17.7 Å². The highest BCUT2D eigenvalue weighted by molar-refractivity contribution is 5.92. The molecule has 138 valence electrons. The van der Waals surface area contributed by atoms with Gasteiger partial charge in [-0.2, -0.15) is 0 Å². The molecule has 0 bridgehead atoms. The van der Waals surface area contributed by atoms with Crippen LogP contribution in [0.4, 0.5) is 5.82 Å². The van der Waals surface area contributed by atoms with Crippen LogP contribution in [0.1, 0.15) is 50.6 Å². The van der Waals surface area contributed by atoms with Crippen LogP contribution in [0.5, 0.6) is 0 Å². The number of anilines is 1. The maximum atomic E-state index is 12.5. The molecule has 1 aliphatic heterocycles. The van der Waals surface area contributed by atoms with Gasteiger partial charge in [0, 0.05) is 25.2 Å². The van der Waals surface area contributed by atoms with Crippen LogP contribution < -0.4 is 11.1 Å². The Bertz CT molecular complexity index is 576. The van der Waals surface area contributed by atoms with Crippen molar-refractivity contribution in [2.75, 3.05) is 25.0 Å². The number of nitrogens with two attached hydrogens (primary N) is 1. The quantitative estimate of drug-likeness (QED) is 0.708. The average Bonchev–Trinajstić information content (AvgIpc) is 2.61. The van der Waals surface area contributed by atoms with E-state index in [0.717, 1.165) is 50.8 Å². The molecule has 1 atom stereocenters. The van der Waals surface area contributed by atoms with Gasteiger partial charge < -0.3 is 16.0 Å². The highest BCUT2D eigenvalue weighted by Gasteiger charge is 2.28. The number of amides is 2. The summed E-state index contributed by atoms with van der Waals surface area (Å²) in [6, 6.07) is 5.56. The van der Waals surface area contributed by atoms with Crippen molar-refractivity contribution in [3.8, 4) is 0 Å². The number of aromatic nitrogens is 1. The van der Waals surface area contributed by atoms with Crippen molar-refractivity contribution in [3.05, 3.63) is 23.9 Å².